The van der Waals surface area contributed by atoms with Gasteiger partial charge in [0.1, 0.15) is 6.20 Å². The second kappa shape index (κ2) is 4.50. The van der Waals surface area contributed by atoms with Crippen molar-refractivity contribution in [1.29, 1.82) is 0 Å². The Kier molecular flexibility index (Phi) is 2.68. The fraction of sp³-hybridized carbons (Fsp3) is 0. The number of para-hydroxylation sites is 1. The van der Waals surface area contributed by atoms with Crippen LogP contribution in [0.4, 0.5) is 0 Å². The monoisotopic (exact) mass is 272 g/mol. The molecule has 0 bridgehead atoms. The lowest BCUT2D eigenvalue weighted by molar-refractivity contribution is -0.732. The third-order valence-electron chi connectivity index (χ3n) is 2.76. The van der Waals surface area contributed by atoms with Gasteiger partial charge >= 0.3 is 17.1 Å². The first-order chi connectivity index (χ1) is 9.68. The summed E-state index contributed by atoms with van der Waals surface area (Å²) < 4.78 is 2.95. The van der Waals surface area contributed by atoms with E-state index in [2.05, 4.69) is 9.97 Å². The van der Waals surface area contributed by atoms with Gasteiger partial charge in [0, 0.05) is 0 Å². The summed E-state index contributed by atoms with van der Waals surface area (Å²) >= 11 is 0. The summed E-state index contributed by atoms with van der Waals surface area (Å²) in [4.78, 5) is 40.9. The predicted octanol–water partition coefficient (Wildman–Crippen LogP) is -1.39. The average molecular weight is 272 g/mol. The molecule has 0 aliphatic carbocycles. The Morgan fingerprint density at radius 1 is 1.00 bits per heavy atom. The summed E-state index contributed by atoms with van der Waals surface area (Å²) in [7, 11) is 0. The van der Waals surface area contributed by atoms with Crippen LogP contribution in [0.1, 0.15) is 0 Å². The second-order valence-electron chi connectivity index (χ2n) is 3.99. The van der Waals surface area contributed by atoms with E-state index in [4.69, 9.17) is 0 Å². The highest BCUT2D eigenvalue weighted by atomic mass is 16.2. The highest BCUT2D eigenvalue weighted by molar-refractivity contribution is 5.30. The lowest BCUT2D eigenvalue weighted by Crippen LogP contribution is -2.61. The molecule has 0 saturated carbocycles. The smallest absolute Gasteiger partial charge is 0.255 e. The Morgan fingerprint density at radius 3 is 2.40 bits per heavy atom. The Balaban J connectivity index is 2.39. The zero-order chi connectivity index (χ0) is 14.1. The molecule has 0 unspecified atom stereocenters. The van der Waals surface area contributed by atoms with Crippen molar-refractivity contribution >= 4 is 0 Å². The van der Waals surface area contributed by atoms with Crippen LogP contribution in [0.15, 0.2) is 63.4 Å². The van der Waals surface area contributed by atoms with E-state index in [-0.39, 0.29) is 0 Å². The second-order valence-corrected chi connectivity index (χ2v) is 3.99. The molecular formula is C12H10N5O3+. The van der Waals surface area contributed by atoms with Gasteiger partial charge in [-0.05, 0) is 12.1 Å². The maximum atomic E-state index is 12.4. The number of nitrogens with zero attached hydrogens (tertiary/aromatic N) is 3. The molecule has 0 aliphatic rings. The van der Waals surface area contributed by atoms with E-state index in [9.17, 15) is 14.4 Å². The molecule has 0 aliphatic heterocycles. The Labute approximate surface area is 111 Å². The van der Waals surface area contributed by atoms with Gasteiger partial charge < -0.3 is 0 Å². The van der Waals surface area contributed by atoms with Crippen molar-refractivity contribution in [3.63, 3.8) is 0 Å². The van der Waals surface area contributed by atoms with Gasteiger partial charge in [-0.25, -0.2) is 23.9 Å². The van der Waals surface area contributed by atoms with Gasteiger partial charge in [0.25, 0.3) is 6.33 Å². The molecule has 3 aromatic rings. The minimum absolute atomic E-state index is 0.378. The molecule has 8 nitrogen and oxygen atoms in total. The number of aromatic amines is 2. The van der Waals surface area contributed by atoms with Gasteiger partial charge in [0.15, 0.2) is 6.20 Å². The van der Waals surface area contributed by atoms with Crippen molar-refractivity contribution in [2.45, 2.75) is 0 Å². The minimum atomic E-state index is -0.809. The van der Waals surface area contributed by atoms with Crippen molar-refractivity contribution in [3.05, 3.63) is 80.5 Å². The van der Waals surface area contributed by atoms with Crippen molar-refractivity contribution < 1.29 is 4.68 Å². The van der Waals surface area contributed by atoms with E-state index >= 15 is 0 Å². The summed E-state index contributed by atoms with van der Waals surface area (Å²) in [6.45, 7) is 0. The number of imidazole rings is 1. The molecule has 100 valence electrons. The first-order valence-corrected chi connectivity index (χ1v) is 5.77. The van der Waals surface area contributed by atoms with E-state index in [1.807, 2.05) is 0 Å². The molecule has 20 heavy (non-hydrogen) atoms. The van der Waals surface area contributed by atoms with E-state index < -0.39 is 17.1 Å². The zero-order valence-electron chi connectivity index (χ0n) is 10.2. The van der Waals surface area contributed by atoms with Crippen LogP contribution in [0.5, 0.6) is 0 Å². The molecule has 2 N–H and O–H groups in total. The largest absolute Gasteiger partial charge is 0.377 e. The van der Waals surface area contributed by atoms with Gasteiger partial charge in [-0.1, -0.05) is 22.9 Å². The van der Waals surface area contributed by atoms with Gasteiger partial charge in [-0.2, -0.15) is 0 Å². The molecule has 0 fully saturated rings. The first-order valence-electron chi connectivity index (χ1n) is 5.77. The maximum Gasteiger partial charge on any atom is 0.377 e. The van der Waals surface area contributed by atoms with Crippen LogP contribution in [-0.4, -0.2) is 19.2 Å². The standard InChI is InChI=1S/C12H9N5O3/c18-10-14-11(19)17(15-7-6-13-8-15)12(20)16(10)9-4-2-1-3-5-9/h1-8H,(H,14,18,19)/p+1. The van der Waals surface area contributed by atoms with Crippen molar-refractivity contribution in [2.75, 3.05) is 0 Å². The van der Waals surface area contributed by atoms with Crippen molar-refractivity contribution in [2.24, 2.45) is 0 Å². The Hall–Kier alpha value is -3.16. The zero-order valence-corrected chi connectivity index (χ0v) is 10.2. The molecular weight excluding hydrogens is 262 g/mol. The van der Waals surface area contributed by atoms with Crippen molar-refractivity contribution in [3.8, 4) is 5.69 Å². The SMILES string of the molecule is O=c1[nH]c(=O)n(-[n+]2cc[nH]c2)c(=O)n1-c1ccccc1. The summed E-state index contributed by atoms with van der Waals surface area (Å²) in [5, 5.41) is 0. The minimum Gasteiger partial charge on any atom is -0.255 e. The number of hydrogen-bond donors (Lipinski definition) is 2. The molecule has 2 aromatic heterocycles. The molecule has 0 atom stereocenters. The number of aromatic nitrogens is 5. The quantitative estimate of drug-likeness (QED) is 0.562. The first kappa shape index (κ1) is 11.9. The molecule has 1 aromatic carbocycles. The molecule has 3 rings (SSSR count). The summed E-state index contributed by atoms with van der Waals surface area (Å²) in [5.41, 5.74) is -1.96. The molecule has 0 spiro atoms. The Morgan fingerprint density at radius 2 is 1.75 bits per heavy atom. The van der Waals surface area contributed by atoms with E-state index in [1.54, 1.807) is 36.5 Å². The number of benzene rings is 1. The fourth-order valence-electron chi connectivity index (χ4n) is 1.88. The van der Waals surface area contributed by atoms with Crippen LogP contribution in [0.25, 0.3) is 5.69 Å². The molecule has 0 radical (unpaired) electrons. The van der Waals surface area contributed by atoms with Crippen molar-refractivity contribution in [1.82, 2.24) is 19.2 Å². The number of hydrogen-bond acceptors (Lipinski definition) is 3. The molecule has 2 heterocycles. The molecule has 0 saturated heterocycles. The highest BCUT2D eigenvalue weighted by Crippen LogP contribution is 1.99. The van der Waals surface area contributed by atoms with Crippen LogP contribution in [0, 0.1) is 0 Å². The van der Waals surface area contributed by atoms with E-state index in [0.717, 1.165) is 9.24 Å². The van der Waals surface area contributed by atoms with Gasteiger partial charge in [0.2, 0.25) is 0 Å². The summed E-state index contributed by atoms with van der Waals surface area (Å²) in [6.07, 6.45) is 4.44. The average Bonchev–Trinajstić information content (AvgIpc) is 2.93. The number of rotatable bonds is 2. The van der Waals surface area contributed by atoms with Crippen LogP contribution < -0.4 is 21.7 Å². The third kappa shape index (κ3) is 1.79. The van der Waals surface area contributed by atoms with Crippen LogP contribution in [-0.2, 0) is 0 Å². The lowest BCUT2D eigenvalue weighted by atomic mass is 10.3. The van der Waals surface area contributed by atoms with Crippen LogP contribution >= 0.6 is 0 Å². The molecule has 8 heteroatoms. The normalized spacial score (nSPS) is 10.6. The van der Waals surface area contributed by atoms with E-state index in [0.29, 0.717) is 5.69 Å². The van der Waals surface area contributed by atoms with Gasteiger partial charge in [0.05, 0.1) is 5.69 Å². The summed E-state index contributed by atoms with van der Waals surface area (Å²) in [6, 6.07) is 8.36. The fourth-order valence-corrected chi connectivity index (χ4v) is 1.88. The highest BCUT2D eigenvalue weighted by Gasteiger charge is 2.15. The third-order valence-corrected chi connectivity index (χ3v) is 2.76. The summed E-state index contributed by atoms with van der Waals surface area (Å²) in [5.74, 6) is 0. The lowest BCUT2D eigenvalue weighted by Gasteiger charge is -2.05. The molecule has 0 amide bonds. The van der Waals surface area contributed by atoms with Crippen LogP contribution in [0.2, 0.25) is 0 Å². The number of H-pyrrole nitrogens is 2. The Bertz CT molecular complexity index is 903. The van der Waals surface area contributed by atoms with Crippen LogP contribution in [0.3, 0.4) is 0 Å². The predicted molar refractivity (Wildman–Crippen MR) is 68.7 cm³/mol. The van der Waals surface area contributed by atoms with E-state index in [1.165, 1.54) is 17.2 Å². The van der Waals surface area contributed by atoms with Gasteiger partial charge in [-0.15, -0.1) is 4.68 Å². The topological polar surface area (TPSA) is 96.5 Å². The maximum absolute atomic E-state index is 12.4. The number of nitrogens with one attached hydrogen (secondary N) is 2. The van der Waals surface area contributed by atoms with Gasteiger partial charge in [-0.3, -0.25) is 4.98 Å².